The van der Waals surface area contributed by atoms with E-state index in [9.17, 15) is 32.8 Å². The Morgan fingerprint density at radius 2 is 1.76 bits per heavy atom. The van der Waals surface area contributed by atoms with Crippen LogP contribution in [0.2, 0.25) is 0 Å². The van der Waals surface area contributed by atoms with Gasteiger partial charge in [-0.25, -0.2) is 18.4 Å². The van der Waals surface area contributed by atoms with Crippen LogP contribution >= 0.6 is 0 Å². The van der Waals surface area contributed by atoms with Crippen LogP contribution < -0.4 is 10.6 Å². The lowest BCUT2D eigenvalue weighted by atomic mass is 10.0. The van der Waals surface area contributed by atoms with Crippen LogP contribution in [0.5, 0.6) is 0 Å². The Morgan fingerprint density at radius 1 is 1.10 bits per heavy atom. The number of likely N-dealkylation sites (tertiary alicyclic amines) is 1. The summed E-state index contributed by atoms with van der Waals surface area (Å²) < 4.78 is 37.9. The Balaban J connectivity index is 2.25. The van der Waals surface area contributed by atoms with Crippen LogP contribution in [-0.2, 0) is 39.9 Å². The molecule has 1 aromatic rings. The van der Waals surface area contributed by atoms with Gasteiger partial charge in [-0.2, -0.15) is 0 Å². The number of hydrogen-bond donors (Lipinski definition) is 2. The van der Waals surface area contributed by atoms with E-state index in [4.69, 9.17) is 9.47 Å². The number of rotatable bonds is 13. The number of methoxy groups -OCH3 is 1. The molecule has 3 amide bonds. The maximum Gasteiger partial charge on any atom is 0.332 e. The van der Waals surface area contributed by atoms with E-state index in [1.165, 1.54) is 24.8 Å². The van der Waals surface area contributed by atoms with Crippen LogP contribution in [0.25, 0.3) is 0 Å². The quantitative estimate of drug-likeness (QED) is 0.271. The van der Waals surface area contributed by atoms with Crippen molar-refractivity contribution in [1.82, 2.24) is 15.5 Å². The molecule has 0 bridgehead atoms. The molecule has 2 unspecified atom stereocenters. The number of hydrogen-bond acceptors (Lipinski definition) is 7. The van der Waals surface area contributed by atoms with Gasteiger partial charge in [0.25, 0.3) is 0 Å². The van der Waals surface area contributed by atoms with E-state index in [2.05, 4.69) is 10.6 Å². The van der Waals surface area contributed by atoms with Crippen LogP contribution in [0.1, 0.15) is 58.9 Å². The van der Waals surface area contributed by atoms with Gasteiger partial charge in [0, 0.05) is 26.0 Å². The minimum Gasteiger partial charge on any atom is -0.467 e. The Hall–Kier alpha value is -3.83. The third-order valence-corrected chi connectivity index (χ3v) is 6.77. The van der Waals surface area contributed by atoms with Crippen molar-refractivity contribution in [3.8, 4) is 0 Å². The first kappa shape index (κ1) is 33.4. The fourth-order valence-electron chi connectivity index (χ4n) is 4.66. The second-order valence-electron chi connectivity index (χ2n) is 10.2. The molecule has 1 heterocycles. The lowest BCUT2D eigenvalue weighted by Crippen LogP contribution is -2.56. The van der Waals surface area contributed by atoms with E-state index >= 15 is 0 Å². The standard InChI is InChI=1S/C29H39F2N3O7/c1-6-8-17(2)10-11-25(36)32-23(15-20-13-21(30)16-22(31)14-20)27(37)33-26(29(39)40-5)18(3)41-28(38)24-9-7-12-34(24)19(4)35/h10-11,13-14,16-18,23-24,26H,6-9,12,15H2,1-5H3,(H,32,36)(H,33,37)/b11-10+/t17?,18-,23+,24?,26+/m1/s1. The Kier molecular flexibility index (Phi) is 12.9. The molecule has 0 aliphatic carbocycles. The number of nitrogens with zero attached hydrogens (tertiary/aromatic N) is 1. The summed E-state index contributed by atoms with van der Waals surface area (Å²) in [5, 5.41) is 4.96. The third kappa shape index (κ3) is 10.3. The van der Waals surface area contributed by atoms with Crippen molar-refractivity contribution < 1.29 is 42.2 Å². The highest BCUT2D eigenvalue weighted by Gasteiger charge is 2.38. The van der Waals surface area contributed by atoms with Crippen LogP contribution in [0.4, 0.5) is 8.78 Å². The molecule has 2 N–H and O–H groups in total. The fourth-order valence-corrected chi connectivity index (χ4v) is 4.66. The van der Waals surface area contributed by atoms with E-state index in [0.29, 0.717) is 25.5 Å². The molecule has 0 spiro atoms. The number of carbonyl (C=O) groups is 5. The first-order chi connectivity index (χ1) is 19.4. The predicted octanol–water partition coefficient (Wildman–Crippen LogP) is 2.58. The monoisotopic (exact) mass is 579 g/mol. The number of esters is 2. The molecule has 5 atom stereocenters. The van der Waals surface area contributed by atoms with Gasteiger partial charge in [0.05, 0.1) is 7.11 Å². The minimum atomic E-state index is -1.48. The van der Waals surface area contributed by atoms with Crippen molar-refractivity contribution in [1.29, 1.82) is 0 Å². The average Bonchev–Trinajstić information content (AvgIpc) is 3.40. The van der Waals surface area contributed by atoms with Gasteiger partial charge in [-0.15, -0.1) is 0 Å². The van der Waals surface area contributed by atoms with Gasteiger partial charge in [0.1, 0.15) is 29.8 Å². The number of nitrogens with one attached hydrogen (secondary N) is 2. The fraction of sp³-hybridized carbons (Fsp3) is 0.552. The third-order valence-electron chi connectivity index (χ3n) is 6.77. The van der Waals surface area contributed by atoms with Crippen LogP contribution in [0, 0.1) is 17.6 Å². The summed E-state index contributed by atoms with van der Waals surface area (Å²) in [5.41, 5.74) is 0.0888. The predicted molar refractivity (Wildman–Crippen MR) is 145 cm³/mol. The van der Waals surface area contributed by atoms with Crippen molar-refractivity contribution in [3.63, 3.8) is 0 Å². The molecule has 226 valence electrons. The van der Waals surface area contributed by atoms with Crippen molar-refractivity contribution >= 4 is 29.7 Å². The molecule has 0 aromatic heterocycles. The van der Waals surface area contributed by atoms with Crippen molar-refractivity contribution in [2.24, 2.45) is 5.92 Å². The van der Waals surface area contributed by atoms with E-state index in [1.54, 1.807) is 6.08 Å². The number of benzene rings is 1. The SMILES string of the molecule is CCCC(C)/C=C/C(=O)N[C@@H](Cc1cc(F)cc(F)c1)C(=O)N[C@H](C(=O)OC)[C@@H](C)OC(=O)C1CCCN1C(C)=O. The lowest BCUT2D eigenvalue weighted by molar-refractivity contribution is -0.163. The van der Waals surface area contributed by atoms with E-state index in [0.717, 1.165) is 32.1 Å². The average molecular weight is 580 g/mol. The van der Waals surface area contributed by atoms with Crippen LogP contribution in [-0.4, -0.2) is 72.4 Å². The zero-order valence-corrected chi connectivity index (χ0v) is 24.1. The molecule has 1 aromatic carbocycles. The molecule has 1 fully saturated rings. The summed E-state index contributed by atoms with van der Waals surface area (Å²) in [5.74, 6) is -5.07. The van der Waals surface area contributed by atoms with Gasteiger partial charge in [-0.05, 0) is 55.9 Å². The summed E-state index contributed by atoms with van der Waals surface area (Å²) in [6.45, 7) is 7.05. The Bertz CT molecular complexity index is 1120. The van der Waals surface area contributed by atoms with Crippen molar-refractivity contribution in [2.45, 2.75) is 84.0 Å². The minimum absolute atomic E-state index is 0.0888. The summed E-state index contributed by atoms with van der Waals surface area (Å²) in [6, 6.07) is -0.921. The Labute approximate surface area is 238 Å². The highest BCUT2D eigenvalue weighted by molar-refractivity contribution is 5.94. The summed E-state index contributed by atoms with van der Waals surface area (Å²) >= 11 is 0. The van der Waals surface area contributed by atoms with Gasteiger partial charge in [-0.3, -0.25) is 14.4 Å². The van der Waals surface area contributed by atoms with Crippen LogP contribution in [0.3, 0.4) is 0 Å². The second-order valence-corrected chi connectivity index (χ2v) is 10.2. The first-order valence-corrected chi connectivity index (χ1v) is 13.7. The summed E-state index contributed by atoms with van der Waals surface area (Å²) in [6.07, 6.45) is 4.20. The highest BCUT2D eigenvalue weighted by atomic mass is 19.1. The zero-order chi connectivity index (χ0) is 30.7. The summed E-state index contributed by atoms with van der Waals surface area (Å²) in [7, 11) is 1.08. The maximum absolute atomic E-state index is 13.8. The zero-order valence-electron chi connectivity index (χ0n) is 24.1. The molecule has 12 heteroatoms. The normalized spacial score (nSPS) is 17.8. The molecule has 1 aliphatic heterocycles. The van der Waals surface area contributed by atoms with Gasteiger partial charge >= 0.3 is 11.9 Å². The van der Waals surface area contributed by atoms with E-state index in [-0.39, 0.29) is 23.8 Å². The maximum atomic E-state index is 13.8. The number of halogens is 2. The molecule has 2 rings (SSSR count). The van der Waals surface area contributed by atoms with E-state index in [1.807, 2.05) is 13.8 Å². The number of allylic oxidation sites excluding steroid dienone is 1. The Morgan fingerprint density at radius 3 is 2.34 bits per heavy atom. The van der Waals surface area contributed by atoms with Crippen molar-refractivity contribution in [3.05, 3.63) is 47.5 Å². The van der Waals surface area contributed by atoms with Crippen molar-refractivity contribution in [2.75, 3.05) is 13.7 Å². The largest absolute Gasteiger partial charge is 0.467 e. The molecule has 1 aliphatic rings. The molecule has 1 saturated heterocycles. The number of amides is 3. The summed E-state index contributed by atoms with van der Waals surface area (Å²) in [4.78, 5) is 64.7. The van der Waals surface area contributed by atoms with E-state index < -0.39 is 59.6 Å². The first-order valence-electron chi connectivity index (χ1n) is 13.7. The van der Waals surface area contributed by atoms with Gasteiger partial charge in [0.2, 0.25) is 17.7 Å². The number of ether oxygens (including phenoxy) is 2. The topological polar surface area (TPSA) is 131 Å². The lowest BCUT2D eigenvalue weighted by Gasteiger charge is -2.28. The highest BCUT2D eigenvalue weighted by Crippen LogP contribution is 2.20. The molecular weight excluding hydrogens is 540 g/mol. The van der Waals surface area contributed by atoms with Gasteiger partial charge < -0.3 is 25.0 Å². The molecule has 0 saturated carbocycles. The number of carbonyl (C=O) groups excluding carboxylic acids is 5. The smallest absolute Gasteiger partial charge is 0.332 e. The molecule has 0 radical (unpaired) electrons. The second kappa shape index (κ2) is 15.8. The van der Waals surface area contributed by atoms with Gasteiger partial charge in [-0.1, -0.05) is 26.3 Å². The van der Waals surface area contributed by atoms with Gasteiger partial charge in [0.15, 0.2) is 6.04 Å². The van der Waals surface area contributed by atoms with Crippen LogP contribution in [0.15, 0.2) is 30.4 Å². The molecule has 41 heavy (non-hydrogen) atoms. The molecular formula is C29H39F2N3O7. The molecule has 10 nitrogen and oxygen atoms in total.